The number of carbonyl (C=O) groups excluding carboxylic acids is 2. The van der Waals surface area contributed by atoms with Crippen molar-refractivity contribution in [1.29, 1.82) is 0 Å². The number of nitrogens with two attached hydrogens (primary N) is 2. The molecular weight excluding hydrogens is 520 g/mol. The van der Waals surface area contributed by atoms with Crippen molar-refractivity contribution in [2.75, 3.05) is 57.7 Å². The van der Waals surface area contributed by atoms with Gasteiger partial charge in [-0.1, -0.05) is 12.1 Å². The van der Waals surface area contributed by atoms with Crippen LogP contribution in [0, 0.1) is 5.92 Å². The van der Waals surface area contributed by atoms with E-state index in [1.807, 2.05) is 24.3 Å². The normalized spacial score (nSPS) is 18.4. The van der Waals surface area contributed by atoms with E-state index in [9.17, 15) is 14.4 Å². The van der Waals surface area contributed by atoms with Gasteiger partial charge in [-0.3, -0.25) is 14.7 Å². The van der Waals surface area contributed by atoms with Gasteiger partial charge in [0.1, 0.15) is 5.82 Å². The Hall–Kier alpha value is -2.99. The van der Waals surface area contributed by atoms with Crippen LogP contribution >= 0.6 is 12.4 Å². The molecule has 1 aromatic carbocycles. The summed E-state index contributed by atoms with van der Waals surface area (Å²) in [6.07, 6.45) is 4.99. The molecule has 3 amide bonds. The molecule has 0 spiro atoms. The van der Waals surface area contributed by atoms with Gasteiger partial charge in [0.15, 0.2) is 0 Å². The van der Waals surface area contributed by atoms with Gasteiger partial charge >= 0.3 is 11.7 Å². The second kappa shape index (κ2) is 13.4. The topological polar surface area (TPSA) is 143 Å². The number of amides is 3. The molecule has 1 atom stereocenters. The monoisotopic (exact) mass is 560 g/mol. The van der Waals surface area contributed by atoms with Crippen molar-refractivity contribution in [2.45, 2.75) is 38.6 Å². The maximum atomic E-state index is 12.7. The maximum absolute atomic E-state index is 12.7. The second-order valence-corrected chi connectivity index (χ2v) is 10.9. The summed E-state index contributed by atoms with van der Waals surface area (Å²) in [5.74, 6) is 0.647. The van der Waals surface area contributed by atoms with Crippen molar-refractivity contribution < 1.29 is 9.59 Å². The molecule has 12 heteroatoms. The molecule has 0 radical (unpaired) electrons. The number of urea groups is 1. The largest absolute Gasteiger partial charge is 0.354 e. The summed E-state index contributed by atoms with van der Waals surface area (Å²) in [6.45, 7) is 8.86. The van der Waals surface area contributed by atoms with Crippen molar-refractivity contribution in [1.82, 2.24) is 24.3 Å². The predicted octanol–water partition coefficient (Wildman–Crippen LogP) is 1.28. The van der Waals surface area contributed by atoms with Crippen LogP contribution in [0.5, 0.6) is 0 Å². The first-order valence-electron chi connectivity index (χ1n) is 13.4. The van der Waals surface area contributed by atoms with Crippen LogP contribution in [0.2, 0.25) is 0 Å². The van der Waals surface area contributed by atoms with Crippen molar-refractivity contribution in [3.8, 4) is 5.69 Å². The lowest BCUT2D eigenvalue weighted by atomic mass is 9.98. The van der Waals surface area contributed by atoms with Crippen molar-refractivity contribution in [3.63, 3.8) is 0 Å². The summed E-state index contributed by atoms with van der Waals surface area (Å²) in [7, 11) is 0. The Balaban J connectivity index is 0.00000420. The fourth-order valence-corrected chi connectivity index (χ4v) is 5.04. The van der Waals surface area contributed by atoms with Crippen molar-refractivity contribution in [2.24, 2.45) is 17.4 Å². The number of rotatable bonds is 7. The molecular formula is C27H41ClN8O3. The number of benzene rings is 1. The summed E-state index contributed by atoms with van der Waals surface area (Å²) in [5, 5.41) is 2.69. The Morgan fingerprint density at radius 2 is 1.72 bits per heavy atom. The Morgan fingerprint density at radius 1 is 1.05 bits per heavy atom. The highest BCUT2D eigenvalue weighted by Crippen LogP contribution is 2.17. The Kier molecular flexibility index (Phi) is 10.5. The fraction of sp³-hybridized carbons (Fsp3) is 0.556. The zero-order chi connectivity index (χ0) is 27.3. The van der Waals surface area contributed by atoms with Gasteiger partial charge in [0.2, 0.25) is 5.91 Å². The Bertz CT molecular complexity index is 1170. The van der Waals surface area contributed by atoms with Crippen molar-refractivity contribution in [3.05, 3.63) is 52.6 Å². The van der Waals surface area contributed by atoms with E-state index in [1.165, 1.54) is 23.0 Å². The highest BCUT2D eigenvalue weighted by atomic mass is 35.5. The van der Waals surface area contributed by atoms with Crippen LogP contribution in [0.25, 0.3) is 5.69 Å². The van der Waals surface area contributed by atoms with E-state index in [0.29, 0.717) is 37.8 Å². The molecule has 11 nitrogen and oxygen atoms in total. The van der Waals surface area contributed by atoms with Gasteiger partial charge in [0.25, 0.3) is 0 Å². The van der Waals surface area contributed by atoms with Crippen molar-refractivity contribution >= 4 is 30.2 Å². The summed E-state index contributed by atoms with van der Waals surface area (Å²) in [4.78, 5) is 47.5. The molecule has 2 fully saturated rings. The average molecular weight is 561 g/mol. The van der Waals surface area contributed by atoms with Gasteiger partial charge in [-0.15, -0.1) is 12.4 Å². The van der Waals surface area contributed by atoms with Crippen LogP contribution in [0.15, 0.2) is 41.3 Å². The number of piperazine rings is 1. The van der Waals surface area contributed by atoms with E-state index < -0.39 is 11.2 Å². The Morgan fingerprint density at radius 3 is 2.33 bits per heavy atom. The summed E-state index contributed by atoms with van der Waals surface area (Å²) in [5.41, 5.74) is 12.3. The number of aromatic nitrogens is 2. The number of likely N-dealkylation sites (tertiary alicyclic amines) is 1. The van der Waals surface area contributed by atoms with Gasteiger partial charge in [-0.2, -0.15) is 4.98 Å². The highest BCUT2D eigenvalue weighted by molar-refractivity contribution is 5.89. The molecule has 2 saturated heterocycles. The number of anilines is 1. The number of halogens is 1. The molecule has 2 aromatic rings. The third-order valence-corrected chi connectivity index (χ3v) is 7.31. The third kappa shape index (κ3) is 8.01. The van der Waals surface area contributed by atoms with E-state index >= 15 is 0 Å². The number of hydrogen-bond acceptors (Lipinski definition) is 7. The SMILES string of the molecule is CC(C)(N)C(=O)N1CCN(C(=O)Nc2ccn(-c3ccc(CCN4CCC[C@H](CN)C4)cc3)c(=O)n2)CC1.Cl. The summed E-state index contributed by atoms with van der Waals surface area (Å²) >= 11 is 0. The fourth-order valence-electron chi connectivity index (χ4n) is 5.04. The van der Waals surface area contributed by atoms with E-state index in [1.54, 1.807) is 35.9 Å². The van der Waals surface area contributed by atoms with Gasteiger partial charge in [0.05, 0.1) is 11.2 Å². The molecule has 39 heavy (non-hydrogen) atoms. The zero-order valence-corrected chi connectivity index (χ0v) is 23.7. The van der Waals surface area contributed by atoms with Crippen LogP contribution in [0.3, 0.4) is 0 Å². The average Bonchev–Trinajstić information content (AvgIpc) is 2.91. The number of nitrogens with one attached hydrogen (secondary N) is 1. The minimum Gasteiger partial charge on any atom is -0.338 e. The van der Waals surface area contributed by atoms with Gasteiger partial charge in [-0.05, 0) is 75.9 Å². The molecule has 1 aromatic heterocycles. The van der Waals surface area contributed by atoms with Gasteiger partial charge < -0.3 is 26.2 Å². The number of piperidine rings is 1. The predicted molar refractivity (Wildman–Crippen MR) is 154 cm³/mol. The molecule has 0 unspecified atom stereocenters. The molecule has 2 aliphatic heterocycles. The van der Waals surface area contributed by atoms with E-state index in [4.69, 9.17) is 11.5 Å². The van der Waals surface area contributed by atoms with Crippen LogP contribution in [-0.2, 0) is 11.2 Å². The first kappa shape index (κ1) is 30.6. The van der Waals surface area contributed by atoms with Gasteiger partial charge in [-0.25, -0.2) is 9.59 Å². The van der Waals surface area contributed by atoms with Crippen LogP contribution in [0.4, 0.5) is 10.6 Å². The van der Waals surface area contributed by atoms with E-state index in [2.05, 4.69) is 15.2 Å². The number of nitrogens with zero attached hydrogens (tertiary/aromatic N) is 5. The third-order valence-electron chi connectivity index (χ3n) is 7.31. The van der Waals surface area contributed by atoms with E-state index in [0.717, 1.165) is 32.6 Å². The van der Waals surface area contributed by atoms with Crippen LogP contribution in [-0.4, -0.2) is 94.1 Å². The molecule has 2 aliphatic rings. The number of carbonyl (C=O) groups is 2. The molecule has 4 rings (SSSR count). The quantitative estimate of drug-likeness (QED) is 0.463. The highest BCUT2D eigenvalue weighted by Gasteiger charge is 2.31. The summed E-state index contributed by atoms with van der Waals surface area (Å²) in [6, 6.07) is 9.16. The standard InChI is InChI=1S/C27H40N8O3.ClH/c1-27(2,29)24(36)33-14-16-34(17-15-33)25(37)30-23-10-13-35(26(38)31-23)22-7-5-20(6-8-22)9-12-32-11-3-4-21(18-28)19-32;/h5-8,10,13,21H,3-4,9,11-12,14-19,28-29H2,1-2H3,(H,30,31,37,38);1H/t21-;/m1./s1. The minimum atomic E-state index is -0.944. The van der Waals surface area contributed by atoms with E-state index in [-0.39, 0.29) is 30.2 Å². The lowest BCUT2D eigenvalue weighted by Crippen LogP contribution is -2.58. The summed E-state index contributed by atoms with van der Waals surface area (Å²) < 4.78 is 1.45. The lowest BCUT2D eigenvalue weighted by molar-refractivity contribution is -0.137. The molecule has 0 aliphatic carbocycles. The Labute approximate surface area is 235 Å². The van der Waals surface area contributed by atoms with Gasteiger partial charge in [0, 0.05) is 45.5 Å². The van der Waals surface area contributed by atoms with Crippen LogP contribution in [0.1, 0.15) is 32.3 Å². The maximum Gasteiger partial charge on any atom is 0.354 e. The lowest BCUT2D eigenvalue weighted by Gasteiger charge is -2.37. The minimum absolute atomic E-state index is 0. The molecule has 0 saturated carbocycles. The number of hydrogen-bond donors (Lipinski definition) is 3. The molecule has 214 valence electrons. The first-order valence-corrected chi connectivity index (χ1v) is 13.4. The molecule has 5 N–H and O–H groups in total. The molecule has 3 heterocycles. The molecule has 0 bridgehead atoms. The van der Waals surface area contributed by atoms with Crippen LogP contribution < -0.4 is 22.5 Å². The zero-order valence-electron chi connectivity index (χ0n) is 22.8. The smallest absolute Gasteiger partial charge is 0.338 e. The first-order chi connectivity index (χ1) is 18.1. The second-order valence-electron chi connectivity index (χ2n) is 10.9.